The molecule has 1 aliphatic heterocycles. The molecule has 12 nitrogen and oxygen atoms in total. The first-order valence-corrected chi connectivity index (χ1v) is 13.8. The van der Waals surface area contributed by atoms with Gasteiger partial charge in [-0.3, -0.25) is 9.79 Å². The number of rotatable bonds is 8. The number of hydrazine groups is 1. The average Bonchev–Trinajstić information content (AvgIpc) is 2.88. The van der Waals surface area contributed by atoms with Gasteiger partial charge in [-0.25, -0.2) is 20.0 Å². The number of hydrogen-bond donors (Lipinski definition) is 5. The number of phenols is 1. The predicted octanol–water partition coefficient (Wildman–Crippen LogP) is 2.24. The number of nitrogens with one attached hydrogen (secondary N) is 3. The summed E-state index contributed by atoms with van der Waals surface area (Å²) in [6.45, 7) is 3.67. The first-order chi connectivity index (χ1) is 18.7. The molecule has 1 heterocycles. The number of nitrogens with zero attached hydrogens (tertiary/aromatic N) is 2. The lowest BCUT2D eigenvalue weighted by Gasteiger charge is -2.55. The summed E-state index contributed by atoms with van der Waals surface area (Å²) in [5, 5.41) is 27.1. The van der Waals surface area contributed by atoms with Gasteiger partial charge < -0.3 is 30.3 Å². The number of hydrogen-bond acceptors (Lipinski definition) is 9. The minimum atomic E-state index is -1.40. The quantitative estimate of drug-likeness (QED) is 0.244. The Labute approximate surface area is 227 Å². The largest absolute Gasteiger partial charge is 0.507 e. The first kappa shape index (κ1) is 26.9. The molecule has 6 rings (SSSR count). The minimum absolute atomic E-state index is 0.176. The third kappa shape index (κ3) is 6.15. The van der Waals surface area contributed by atoms with Crippen LogP contribution in [-0.2, 0) is 9.53 Å². The second kappa shape index (κ2) is 11.2. The van der Waals surface area contributed by atoms with Gasteiger partial charge in [0.2, 0.25) is 0 Å². The van der Waals surface area contributed by atoms with E-state index in [0.717, 1.165) is 44.7 Å². The summed E-state index contributed by atoms with van der Waals surface area (Å²) in [6, 6.07) is 2.71. The molecular formula is C27H37N5O7. The molecular weight excluding hydrogens is 506 g/mol. The summed E-state index contributed by atoms with van der Waals surface area (Å²) >= 11 is 0. The summed E-state index contributed by atoms with van der Waals surface area (Å²) in [4.78, 5) is 42.4. The molecule has 4 saturated carbocycles. The molecule has 212 valence electrons. The lowest BCUT2D eigenvalue weighted by molar-refractivity contribution is -0.143. The molecule has 12 heteroatoms. The maximum absolute atomic E-state index is 13.3. The Kier molecular flexibility index (Phi) is 7.72. The number of benzene rings is 1. The van der Waals surface area contributed by atoms with E-state index in [1.165, 1.54) is 44.4 Å². The number of carboxylic acid groups (broad SMARTS) is 1. The van der Waals surface area contributed by atoms with Crippen molar-refractivity contribution in [3.8, 4) is 11.5 Å². The van der Waals surface area contributed by atoms with E-state index in [-0.39, 0.29) is 12.2 Å². The van der Waals surface area contributed by atoms with Crippen LogP contribution in [-0.4, -0.2) is 77.0 Å². The van der Waals surface area contributed by atoms with Crippen molar-refractivity contribution in [2.45, 2.75) is 63.5 Å². The van der Waals surface area contributed by atoms with Crippen LogP contribution >= 0.6 is 0 Å². The summed E-state index contributed by atoms with van der Waals surface area (Å²) in [5.41, 5.74) is 1.62. The lowest BCUT2D eigenvalue weighted by atomic mass is 9.54. The molecule has 4 bridgehead atoms. The molecule has 4 aliphatic carbocycles. The molecule has 0 spiro atoms. The van der Waals surface area contributed by atoms with Gasteiger partial charge in [-0.15, -0.1) is 0 Å². The van der Waals surface area contributed by atoms with E-state index >= 15 is 0 Å². The molecule has 39 heavy (non-hydrogen) atoms. The van der Waals surface area contributed by atoms with Crippen LogP contribution in [0.25, 0.3) is 0 Å². The van der Waals surface area contributed by atoms with Gasteiger partial charge in [0.1, 0.15) is 29.7 Å². The van der Waals surface area contributed by atoms with E-state index < -0.39 is 35.4 Å². The Balaban J connectivity index is 1.21. The molecule has 4 fully saturated rings. The standard InChI is InChI=1S/C27H37N5O7/c1-16(24(35)36)32(31-26(37)39-27-13-17-9-18(14-27)11-19(10-17)15-27)23(34)21-4-3-20(12-22(21)33)38-8-7-30-25-28-5-2-6-29-25/h3-4,12,16-19,33H,2,5-11,13-15H2,1H3,(H,31,37)(H,35,36)(H2,28,29,30)/t16-,17?,18?,19?,27?/m0/s1. The first-order valence-electron chi connectivity index (χ1n) is 13.8. The van der Waals surface area contributed by atoms with Gasteiger partial charge >= 0.3 is 12.1 Å². The van der Waals surface area contributed by atoms with E-state index in [1.54, 1.807) is 0 Å². The maximum atomic E-state index is 13.3. The van der Waals surface area contributed by atoms with E-state index in [0.29, 0.717) is 35.1 Å². The van der Waals surface area contributed by atoms with Crippen molar-refractivity contribution in [2.24, 2.45) is 22.7 Å². The highest BCUT2D eigenvalue weighted by atomic mass is 16.6. The zero-order valence-corrected chi connectivity index (χ0v) is 22.1. The van der Waals surface area contributed by atoms with Crippen LogP contribution in [0.1, 0.15) is 62.2 Å². The molecule has 2 amide bonds. The minimum Gasteiger partial charge on any atom is -0.507 e. The lowest BCUT2D eigenvalue weighted by Crippen LogP contribution is -2.58. The fourth-order valence-electron chi connectivity index (χ4n) is 6.81. The number of aliphatic carboxylic acids is 1. The molecule has 5 aliphatic rings. The van der Waals surface area contributed by atoms with Gasteiger partial charge in [-0.2, -0.15) is 0 Å². The SMILES string of the molecule is C[C@@H](C(=O)O)N(NC(=O)OC12CC3CC(CC(C3)C1)C2)C(=O)c1ccc(OCCNC2=NCCCN2)cc1O. The molecule has 0 saturated heterocycles. The number of aliphatic imine (C=N–C) groups is 1. The number of carboxylic acids is 1. The van der Waals surface area contributed by atoms with Crippen molar-refractivity contribution in [3.05, 3.63) is 23.8 Å². The average molecular weight is 544 g/mol. The third-order valence-corrected chi connectivity index (χ3v) is 8.23. The van der Waals surface area contributed by atoms with Crippen molar-refractivity contribution in [1.82, 2.24) is 21.1 Å². The van der Waals surface area contributed by atoms with E-state index in [2.05, 4.69) is 21.1 Å². The molecule has 1 atom stereocenters. The van der Waals surface area contributed by atoms with Crippen LogP contribution < -0.4 is 20.8 Å². The smallest absolute Gasteiger partial charge is 0.426 e. The number of carbonyl (C=O) groups is 3. The van der Waals surface area contributed by atoms with Crippen LogP contribution in [0.2, 0.25) is 0 Å². The van der Waals surface area contributed by atoms with Crippen LogP contribution in [0.5, 0.6) is 11.5 Å². The number of carbonyl (C=O) groups excluding carboxylic acids is 2. The molecule has 0 aromatic heterocycles. The van der Waals surface area contributed by atoms with Crippen LogP contribution in [0, 0.1) is 17.8 Å². The van der Waals surface area contributed by atoms with Crippen molar-refractivity contribution >= 4 is 23.9 Å². The zero-order chi connectivity index (χ0) is 27.6. The van der Waals surface area contributed by atoms with Crippen molar-refractivity contribution in [3.63, 3.8) is 0 Å². The predicted molar refractivity (Wildman–Crippen MR) is 140 cm³/mol. The van der Waals surface area contributed by atoms with E-state index in [4.69, 9.17) is 9.47 Å². The number of phenolic OH excluding ortho intramolecular Hbond substituents is 1. The second-order valence-corrected chi connectivity index (χ2v) is 11.3. The molecule has 0 radical (unpaired) electrons. The summed E-state index contributed by atoms with van der Waals surface area (Å²) < 4.78 is 11.6. The third-order valence-electron chi connectivity index (χ3n) is 8.23. The van der Waals surface area contributed by atoms with Crippen molar-refractivity contribution < 1.29 is 34.1 Å². The van der Waals surface area contributed by atoms with Gasteiger partial charge in [0.25, 0.3) is 5.91 Å². The van der Waals surface area contributed by atoms with Gasteiger partial charge in [-0.1, -0.05) is 0 Å². The summed E-state index contributed by atoms with van der Waals surface area (Å²) in [5.74, 6) is 0.0964. The highest BCUT2D eigenvalue weighted by Gasteiger charge is 2.53. The molecule has 0 unspecified atom stereocenters. The monoisotopic (exact) mass is 543 g/mol. The Morgan fingerprint density at radius 3 is 2.46 bits per heavy atom. The van der Waals surface area contributed by atoms with E-state index in [9.17, 15) is 24.6 Å². The summed E-state index contributed by atoms with van der Waals surface area (Å²) in [6.07, 6.45) is 6.06. The number of ether oxygens (including phenoxy) is 2. The van der Waals surface area contributed by atoms with Crippen molar-refractivity contribution in [1.29, 1.82) is 0 Å². The van der Waals surface area contributed by atoms with Crippen LogP contribution in [0.3, 0.4) is 0 Å². The highest BCUT2D eigenvalue weighted by Crippen LogP contribution is 2.57. The fourth-order valence-corrected chi connectivity index (χ4v) is 6.81. The van der Waals surface area contributed by atoms with Gasteiger partial charge in [-0.05, 0) is 81.8 Å². The molecule has 5 N–H and O–H groups in total. The van der Waals surface area contributed by atoms with Crippen LogP contribution in [0.15, 0.2) is 23.2 Å². The number of aromatic hydroxyl groups is 1. The number of guanidine groups is 1. The molecule has 1 aromatic rings. The maximum Gasteiger partial charge on any atom is 0.426 e. The van der Waals surface area contributed by atoms with Gasteiger partial charge in [0, 0.05) is 19.2 Å². The summed E-state index contributed by atoms with van der Waals surface area (Å²) in [7, 11) is 0. The van der Waals surface area contributed by atoms with E-state index in [1.807, 2.05) is 0 Å². The fraction of sp³-hybridized carbons (Fsp3) is 0.630. The molecule has 1 aromatic carbocycles. The Hall–Kier alpha value is -3.70. The normalized spacial score (nSPS) is 27.5. The van der Waals surface area contributed by atoms with Gasteiger partial charge in [0.05, 0.1) is 12.1 Å². The highest BCUT2D eigenvalue weighted by molar-refractivity contribution is 5.99. The van der Waals surface area contributed by atoms with Crippen molar-refractivity contribution in [2.75, 3.05) is 26.2 Å². The van der Waals surface area contributed by atoms with Crippen LogP contribution in [0.4, 0.5) is 4.79 Å². The zero-order valence-electron chi connectivity index (χ0n) is 22.1. The van der Waals surface area contributed by atoms with Gasteiger partial charge in [0.15, 0.2) is 5.96 Å². The Morgan fingerprint density at radius 2 is 1.87 bits per heavy atom. The Bertz CT molecular complexity index is 1100. The topological polar surface area (TPSA) is 162 Å². The number of amides is 2. The second-order valence-electron chi connectivity index (χ2n) is 11.3. The Morgan fingerprint density at radius 1 is 1.18 bits per heavy atom.